The fourth-order valence-electron chi connectivity index (χ4n) is 1.57. The van der Waals surface area contributed by atoms with Crippen molar-refractivity contribution in [1.82, 2.24) is 0 Å². The summed E-state index contributed by atoms with van der Waals surface area (Å²) in [5.41, 5.74) is 2.09. The second kappa shape index (κ2) is 6.08. The van der Waals surface area contributed by atoms with Crippen molar-refractivity contribution in [2.75, 3.05) is 20.8 Å². The lowest BCUT2D eigenvalue weighted by Crippen LogP contribution is -2.06. The van der Waals surface area contributed by atoms with Crippen LogP contribution in [0.25, 0.3) is 0 Å². The zero-order valence-electron chi connectivity index (χ0n) is 9.67. The van der Waals surface area contributed by atoms with E-state index in [9.17, 15) is 0 Å². The molecule has 0 saturated carbocycles. The Morgan fingerprint density at radius 2 is 2.00 bits per heavy atom. The molecule has 0 atom stereocenters. The zero-order chi connectivity index (χ0) is 12.1. The van der Waals surface area contributed by atoms with Gasteiger partial charge in [-0.3, -0.25) is 0 Å². The molecule has 0 radical (unpaired) electrons. The normalized spacial score (nSPS) is 10.3. The Bertz CT molecular complexity index is 369. The van der Waals surface area contributed by atoms with Crippen LogP contribution >= 0.6 is 15.9 Å². The minimum atomic E-state index is 0.432. The van der Waals surface area contributed by atoms with E-state index in [0.717, 1.165) is 27.1 Å². The topological polar surface area (TPSA) is 53.7 Å². The fourth-order valence-corrected chi connectivity index (χ4v) is 2.06. The number of benzene rings is 1. The van der Waals surface area contributed by atoms with Crippen molar-refractivity contribution in [1.29, 1.82) is 0 Å². The number of nitrogens with two attached hydrogens (primary N) is 1. The van der Waals surface area contributed by atoms with Crippen molar-refractivity contribution in [3.63, 3.8) is 0 Å². The third-order valence-corrected chi connectivity index (χ3v) is 3.45. The summed E-state index contributed by atoms with van der Waals surface area (Å²) in [7, 11) is 3.24. The molecule has 5 heteroatoms. The highest BCUT2D eigenvalue weighted by Crippen LogP contribution is 2.38. The number of aryl methyl sites for hydroxylation is 1. The van der Waals surface area contributed by atoms with Gasteiger partial charge in [-0.1, -0.05) is 15.9 Å². The number of ether oxygens (including phenoxy) is 2. The molecular formula is C11H16BrNO3. The molecule has 2 N–H and O–H groups in total. The molecule has 90 valence electrons. The summed E-state index contributed by atoms with van der Waals surface area (Å²) in [6.07, 6.45) is 0.665. The van der Waals surface area contributed by atoms with E-state index in [4.69, 9.17) is 15.4 Å². The van der Waals surface area contributed by atoms with Gasteiger partial charge < -0.3 is 14.3 Å². The van der Waals surface area contributed by atoms with Gasteiger partial charge in [0.25, 0.3) is 0 Å². The van der Waals surface area contributed by atoms with E-state index in [2.05, 4.69) is 20.8 Å². The summed E-state index contributed by atoms with van der Waals surface area (Å²) in [5, 5.41) is 0. The first kappa shape index (κ1) is 13.3. The lowest BCUT2D eigenvalue weighted by molar-refractivity contribution is 0.140. The van der Waals surface area contributed by atoms with Crippen LogP contribution in [0.1, 0.15) is 11.1 Å². The number of hydrogen-bond donors (Lipinski definition) is 1. The average molecular weight is 290 g/mol. The monoisotopic (exact) mass is 289 g/mol. The van der Waals surface area contributed by atoms with Crippen LogP contribution in [-0.2, 0) is 11.3 Å². The van der Waals surface area contributed by atoms with Gasteiger partial charge in [0.1, 0.15) is 0 Å². The molecular weight excluding hydrogens is 274 g/mol. The van der Waals surface area contributed by atoms with E-state index in [1.165, 1.54) is 0 Å². The molecule has 0 unspecified atom stereocenters. The molecule has 0 spiro atoms. The van der Waals surface area contributed by atoms with Crippen molar-refractivity contribution in [2.24, 2.45) is 5.90 Å². The summed E-state index contributed by atoms with van der Waals surface area (Å²) in [4.78, 5) is 4.60. The van der Waals surface area contributed by atoms with E-state index in [0.29, 0.717) is 13.0 Å². The maximum atomic E-state index is 5.35. The minimum Gasteiger partial charge on any atom is -0.493 e. The summed E-state index contributed by atoms with van der Waals surface area (Å²) < 4.78 is 11.6. The molecule has 1 rings (SSSR count). The Kier molecular flexibility index (Phi) is 5.05. The number of methoxy groups -OCH3 is 2. The van der Waals surface area contributed by atoms with Crippen LogP contribution in [-0.4, -0.2) is 20.8 Å². The minimum absolute atomic E-state index is 0.432. The molecule has 0 aromatic heterocycles. The van der Waals surface area contributed by atoms with Gasteiger partial charge >= 0.3 is 0 Å². The first-order valence-electron chi connectivity index (χ1n) is 4.87. The second-order valence-corrected chi connectivity index (χ2v) is 4.14. The van der Waals surface area contributed by atoms with E-state index < -0.39 is 0 Å². The highest BCUT2D eigenvalue weighted by molar-refractivity contribution is 9.10. The molecule has 1 aromatic carbocycles. The summed E-state index contributed by atoms with van der Waals surface area (Å²) in [5.74, 6) is 6.48. The molecule has 0 fully saturated rings. The average Bonchev–Trinajstić information content (AvgIpc) is 2.30. The number of hydrogen-bond acceptors (Lipinski definition) is 4. The quantitative estimate of drug-likeness (QED) is 0.845. The van der Waals surface area contributed by atoms with E-state index in [1.54, 1.807) is 14.2 Å². The van der Waals surface area contributed by atoms with Gasteiger partial charge in [0.15, 0.2) is 11.5 Å². The van der Waals surface area contributed by atoms with Gasteiger partial charge in [-0.25, -0.2) is 5.90 Å². The molecule has 0 saturated heterocycles. The zero-order valence-corrected chi connectivity index (χ0v) is 11.3. The van der Waals surface area contributed by atoms with Crippen LogP contribution in [0.2, 0.25) is 0 Å². The fraction of sp³-hybridized carbons (Fsp3) is 0.455. The standard InChI is InChI=1S/C11H16BrNO3/c1-7-6-9(14-2)11(15-3)8(10(7)12)4-5-16-13/h6H,4-5,13H2,1-3H3. The third-order valence-electron chi connectivity index (χ3n) is 2.35. The maximum absolute atomic E-state index is 5.35. The van der Waals surface area contributed by atoms with Crippen molar-refractivity contribution in [3.05, 3.63) is 21.7 Å². The summed E-state index contributed by atoms with van der Waals surface area (Å²) in [6.45, 7) is 2.43. The molecule has 4 nitrogen and oxygen atoms in total. The van der Waals surface area contributed by atoms with Crippen molar-refractivity contribution >= 4 is 15.9 Å². The Morgan fingerprint density at radius 1 is 1.31 bits per heavy atom. The number of rotatable bonds is 5. The van der Waals surface area contributed by atoms with Crippen LogP contribution in [0, 0.1) is 6.92 Å². The highest BCUT2D eigenvalue weighted by atomic mass is 79.9. The lowest BCUT2D eigenvalue weighted by Gasteiger charge is -2.16. The summed E-state index contributed by atoms with van der Waals surface area (Å²) in [6, 6.07) is 1.93. The van der Waals surface area contributed by atoms with Crippen LogP contribution in [0.4, 0.5) is 0 Å². The third kappa shape index (κ3) is 2.66. The van der Waals surface area contributed by atoms with Gasteiger partial charge in [-0.05, 0) is 18.6 Å². The smallest absolute Gasteiger partial charge is 0.165 e. The van der Waals surface area contributed by atoms with E-state index in [-0.39, 0.29) is 0 Å². The van der Waals surface area contributed by atoms with Crippen LogP contribution < -0.4 is 15.4 Å². The Labute approximate surface area is 104 Å². The van der Waals surface area contributed by atoms with Crippen molar-refractivity contribution in [3.8, 4) is 11.5 Å². The van der Waals surface area contributed by atoms with Crippen LogP contribution in [0.5, 0.6) is 11.5 Å². The molecule has 0 aliphatic carbocycles. The largest absolute Gasteiger partial charge is 0.493 e. The Balaban J connectivity index is 3.23. The SMILES string of the molecule is COc1cc(C)c(Br)c(CCON)c1OC. The second-order valence-electron chi connectivity index (χ2n) is 3.34. The first-order valence-corrected chi connectivity index (χ1v) is 5.66. The van der Waals surface area contributed by atoms with Gasteiger partial charge in [-0.2, -0.15) is 0 Å². The highest BCUT2D eigenvalue weighted by Gasteiger charge is 2.15. The predicted molar refractivity (Wildman–Crippen MR) is 65.8 cm³/mol. The molecule has 0 aliphatic heterocycles. The van der Waals surface area contributed by atoms with Crippen LogP contribution in [0.15, 0.2) is 10.5 Å². The molecule has 0 heterocycles. The molecule has 1 aromatic rings. The van der Waals surface area contributed by atoms with Gasteiger partial charge in [0.2, 0.25) is 0 Å². The first-order chi connectivity index (χ1) is 7.65. The van der Waals surface area contributed by atoms with E-state index in [1.807, 2.05) is 13.0 Å². The van der Waals surface area contributed by atoms with Crippen molar-refractivity contribution in [2.45, 2.75) is 13.3 Å². The molecule has 16 heavy (non-hydrogen) atoms. The number of halogens is 1. The van der Waals surface area contributed by atoms with Gasteiger partial charge in [-0.15, -0.1) is 0 Å². The lowest BCUT2D eigenvalue weighted by atomic mass is 10.1. The van der Waals surface area contributed by atoms with Gasteiger partial charge in [0.05, 0.1) is 20.8 Å². The Morgan fingerprint density at radius 3 is 2.50 bits per heavy atom. The maximum Gasteiger partial charge on any atom is 0.165 e. The molecule has 0 bridgehead atoms. The predicted octanol–water partition coefficient (Wildman–Crippen LogP) is 2.21. The molecule has 0 aliphatic rings. The Hall–Kier alpha value is -0.780. The van der Waals surface area contributed by atoms with Crippen molar-refractivity contribution < 1.29 is 14.3 Å². The van der Waals surface area contributed by atoms with Crippen LogP contribution in [0.3, 0.4) is 0 Å². The van der Waals surface area contributed by atoms with E-state index >= 15 is 0 Å². The summed E-state index contributed by atoms with van der Waals surface area (Å²) >= 11 is 3.53. The van der Waals surface area contributed by atoms with Gasteiger partial charge in [0, 0.05) is 16.5 Å². The molecule has 0 amide bonds.